The summed E-state index contributed by atoms with van der Waals surface area (Å²) in [5.41, 5.74) is 1.22. The van der Waals surface area contributed by atoms with E-state index in [9.17, 15) is 5.11 Å². The second kappa shape index (κ2) is 6.29. The van der Waals surface area contributed by atoms with Gasteiger partial charge in [-0.15, -0.1) is 0 Å². The highest BCUT2D eigenvalue weighted by molar-refractivity contribution is 5.14. The summed E-state index contributed by atoms with van der Waals surface area (Å²) >= 11 is 0. The minimum absolute atomic E-state index is 0.137. The summed E-state index contributed by atoms with van der Waals surface area (Å²) in [6.07, 6.45) is -0.215. The topological polar surface area (TPSA) is 41.9 Å². The largest absolute Gasteiger partial charge is 0.386 e. The molecule has 1 saturated heterocycles. The van der Waals surface area contributed by atoms with Crippen molar-refractivity contribution in [2.24, 2.45) is 0 Å². The molecule has 1 heterocycles. The maximum absolute atomic E-state index is 10.2. The van der Waals surface area contributed by atoms with Crippen LogP contribution in [0, 0.1) is 0 Å². The number of likely N-dealkylation sites (tertiary alicyclic amines) is 1. The van der Waals surface area contributed by atoms with E-state index in [-0.39, 0.29) is 12.3 Å². The first-order valence-electron chi connectivity index (χ1n) is 6.28. The van der Waals surface area contributed by atoms with Gasteiger partial charge in [-0.3, -0.25) is 4.90 Å². The van der Waals surface area contributed by atoms with Crippen molar-refractivity contribution in [1.29, 1.82) is 0 Å². The van der Waals surface area contributed by atoms with Crippen LogP contribution in [0.4, 0.5) is 0 Å². The summed E-state index contributed by atoms with van der Waals surface area (Å²) in [5, 5.41) is 10.2. The lowest BCUT2D eigenvalue weighted by molar-refractivity contribution is -0.179. The van der Waals surface area contributed by atoms with Crippen LogP contribution in [0.1, 0.15) is 12.0 Å². The number of aliphatic hydroxyl groups is 1. The number of hydrogen-bond donors (Lipinski definition) is 1. The first kappa shape index (κ1) is 13.5. The standard InChI is InChI=1S/C14H21NO3/c1-17-12-8-9-15(14(18-2)13(12)16)10-11-6-4-3-5-7-11/h3-7,12-14,16H,8-10H2,1-2H3/t12-,13-,14+/m1/s1. The predicted octanol–water partition coefficient (Wildman–Crippen LogP) is 1.24. The lowest BCUT2D eigenvalue weighted by Gasteiger charge is -2.41. The van der Waals surface area contributed by atoms with Gasteiger partial charge in [0.2, 0.25) is 0 Å². The molecule has 1 aromatic carbocycles. The Morgan fingerprint density at radius 1 is 1.22 bits per heavy atom. The molecule has 0 unspecified atom stereocenters. The van der Waals surface area contributed by atoms with Crippen molar-refractivity contribution in [3.8, 4) is 0 Å². The number of benzene rings is 1. The van der Waals surface area contributed by atoms with Gasteiger partial charge in [-0.1, -0.05) is 30.3 Å². The van der Waals surface area contributed by atoms with E-state index in [1.165, 1.54) is 5.56 Å². The second-order valence-electron chi connectivity index (χ2n) is 4.64. The molecule has 0 amide bonds. The van der Waals surface area contributed by atoms with Crippen LogP contribution in [0.5, 0.6) is 0 Å². The fraction of sp³-hybridized carbons (Fsp3) is 0.571. The van der Waals surface area contributed by atoms with Crippen molar-refractivity contribution in [1.82, 2.24) is 4.90 Å². The first-order valence-corrected chi connectivity index (χ1v) is 6.28. The number of hydrogen-bond acceptors (Lipinski definition) is 4. The van der Waals surface area contributed by atoms with Gasteiger partial charge in [0.15, 0.2) is 0 Å². The van der Waals surface area contributed by atoms with E-state index in [2.05, 4.69) is 17.0 Å². The quantitative estimate of drug-likeness (QED) is 0.874. The Balaban J connectivity index is 2.04. The summed E-state index contributed by atoms with van der Waals surface area (Å²) in [4.78, 5) is 2.15. The van der Waals surface area contributed by atoms with Gasteiger partial charge in [0.25, 0.3) is 0 Å². The molecule has 4 heteroatoms. The van der Waals surface area contributed by atoms with Crippen molar-refractivity contribution in [2.45, 2.75) is 31.4 Å². The molecule has 4 nitrogen and oxygen atoms in total. The van der Waals surface area contributed by atoms with Crippen molar-refractivity contribution in [3.05, 3.63) is 35.9 Å². The van der Waals surface area contributed by atoms with Gasteiger partial charge in [-0.25, -0.2) is 0 Å². The number of aliphatic hydroxyl groups excluding tert-OH is 1. The zero-order valence-corrected chi connectivity index (χ0v) is 11.0. The molecule has 0 spiro atoms. The highest BCUT2D eigenvalue weighted by Gasteiger charge is 2.37. The van der Waals surface area contributed by atoms with Gasteiger partial charge in [-0.05, 0) is 12.0 Å². The van der Waals surface area contributed by atoms with Gasteiger partial charge in [0, 0.05) is 27.3 Å². The maximum atomic E-state index is 10.2. The smallest absolute Gasteiger partial charge is 0.139 e. The molecule has 0 bridgehead atoms. The molecule has 1 aliphatic heterocycles. The molecule has 0 saturated carbocycles. The normalized spacial score (nSPS) is 29.4. The van der Waals surface area contributed by atoms with Gasteiger partial charge in [0.1, 0.15) is 12.3 Å². The van der Waals surface area contributed by atoms with Crippen molar-refractivity contribution < 1.29 is 14.6 Å². The van der Waals surface area contributed by atoms with Crippen LogP contribution in [0.3, 0.4) is 0 Å². The third-order valence-electron chi connectivity index (χ3n) is 3.51. The molecular weight excluding hydrogens is 230 g/mol. The highest BCUT2D eigenvalue weighted by atomic mass is 16.5. The van der Waals surface area contributed by atoms with E-state index in [1.807, 2.05) is 18.2 Å². The summed E-state index contributed by atoms with van der Waals surface area (Å²) < 4.78 is 10.7. The van der Waals surface area contributed by atoms with E-state index < -0.39 is 6.10 Å². The van der Waals surface area contributed by atoms with Crippen molar-refractivity contribution in [3.63, 3.8) is 0 Å². The average molecular weight is 251 g/mol. The molecule has 0 aromatic heterocycles. The average Bonchev–Trinajstić information content (AvgIpc) is 2.40. The molecule has 100 valence electrons. The van der Waals surface area contributed by atoms with E-state index >= 15 is 0 Å². The Morgan fingerprint density at radius 3 is 2.56 bits per heavy atom. The Kier molecular flexibility index (Phi) is 4.72. The third-order valence-corrected chi connectivity index (χ3v) is 3.51. The van der Waals surface area contributed by atoms with Crippen LogP contribution in [0.15, 0.2) is 30.3 Å². The van der Waals surface area contributed by atoms with E-state index in [1.54, 1.807) is 14.2 Å². The highest BCUT2D eigenvalue weighted by Crippen LogP contribution is 2.22. The summed E-state index contributed by atoms with van der Waals surface area (Å²) in [6, 6.07) is 10.2. The van der Waals surface area contributed by atoms with Crippen molar-refractivity contribution >= 4 is 0 Å². The van der Waals surface area contributed by atoms with Crippen LogP contribution >= 0.6 is 0 Å². The van der Waals surface area contributed by atoms with Crippen LogP contribution in [0.25, 0.3) is 0 Å². The van der Waals surface area contributed by atoms with Crippen LogP contribution in [-0.4, -0.2) is 49.2 Å². The fourth-order valence-corrected chi connectivity index (χ4v) is 2.52. The SMILES string of the molecule is CO[C@@H]1CCN(Cc2ccccc2)[C@@H](OC)[C@@H]1O. The molecule has 1 fully saturated rings. The van der Waals surface area contributed by atoms with E-state index in [0.29, 0.717) is 0 Å². The van der Waals surface area contributed by atoms with Gasteiger partial charge < -0.3 is 14.6 Å². The number of piperidine rings is 1. The minimum atomic E-state index is -0.600. The predicted molar refractivity (Wildman–Crippen MR) is 69.1 cm³/mol. The third kappa shape index (κ3) is 2.90. The Morgan fingerprint density at radius 2 is 1.94 bits per heavy atom. The minimum Gasteiger partial charge on any atom is -0.386 e. The van der Waals surface area contributed by atoms with Crippen LogP contribution < -0.4 is 0 Å². The summed E-state index contributed by atoms with van der Waals surface area (Å²) in [6.45, 7) is 1.65. The summed E-state index contributed by atoms with van der Waals surface area (Å²) in [5.74, 6) is 0. The van der Waals surface area contributed by atoms with Gasteiger partial charge in [0.05, 0.1) is 6.10 Å². The van der Waals surface area contributed by atoms with E-state index in [0.717, 1.165) is 19.5 Å². The van der Waals surface area contributed by atoms with Gasteiger partial charge >= 0.3 is 0 Å². The van der Waals surface area contributed by atoms with Crippen LogP contribution in [0.2, 0.25) is 0 Å². The Hall–Kier alpha value is -0.940. The number of ether oxygens (including phenoxy) is 2. The molecule has 1 aromatic rings. The molecule has 18 heavy (non-hydrogen) atoms. The molecule has 3 atom stereocenters. The molecule has 0 aliphatic carbocycles. The fourth-order valence-electron chi connectivity index (χ4n) is 2.52. The first-order chi connectivity index (χ1) is 8.76. The molecule has 2 rings (SSSR count). The zero-order chi connectivity index (χ0) is 13.0. The Labute approximate surface area is 108 Å². The number of methoxy groups -OCH3 is 2. The number of rotatable bonds is 4. The molecular formula is C14H21NO3. The number of nitrogens with zero attached hydrogens (tertiary/aromatic N) is 1. The molecule has 0 radical (unpaired) electrons. The Bertz CT molecular complexity index is 357. The maximum Gasteiger partial charge on any atom is 0.139 e. The molecule has 1 aliphatic rings. The zero-order valence-electron chi connectivity index (χ0n) is 11.0. The monoisotopic (exact) mass is 251 g/mol. The van der Waals surface area contributed by atoms with E-state index in [4.69, 9.17) is 9.47 Å². The summed E-state index contributed by atoms with van der Waals surface area (Å²) in [7, 11) is 3.26. The lowest BCUT2D eigenvalue weighted by atomic mass is 10.0. The molecule has 1 N–H and O–H groups in total. The van der Waals surface area contributed by atoms with Crippen LogP contribution in [-0.2, 0) is 16.0 Å². The van der Waals surface area contributed by atoms with Gasteiger partial charge in [-0.2, -0.15) is 0 Å². The van der Waals surface area contributed by atoms with Crippen molar-refractivity contribution in [2.75, 3.05) is 20.8 Å². The second-order valence-corrected chi connectivity index (χ2v) is 4.64. The lowest BCUT2D eigenvalue weighted by Crippen LogP contribution is -2.55.